The van der Waals surface area contributed by atoms with Gasteiger partial charge in [-0.05, 0) is 33.6 Å². The fourth-order valence-corrected chi connectivity index (χ4v) is 2.27. The summed E-state index contributed by atoms with van der Waals surface area (Å²) in [5, 5.41) is 2.91. The van der Waals surface area contributed by atoms with Gasteiger partial charge in [0.2, 0.25) is 5.91 Å². The number of piperidine rings is 1. The lowest BCUT2D eigenvalue weighted by Gasteiger charge is -2.42. The van der Waals surface area contributed by atoms with Crippen LogP contribution in [0.4, 0.5) is 0 Å². The molecule has 0 bridgehead atoms. The van der Waals surface area contributed by atoms with Crippen LogP contribution in [0.3, 0.4) is 0 Å². The van der Waals surface area contributed by atoms with Crippen molar-refractivity contribution in [3.8, 4) is 0 Å². The predicted octanol–water partition coefficient (Wildman–Crippen LogP) is 1.18. The van der Waals surface area contributed by atoms with Gasteiger partial charge in [0.1, 0.15) is 0 Å². The Balaban J connectivity index is 0. The molecule has 1 aliphatic heterocycles. The number of ether oxygens (including phenoxy) is 1. The summed E-state index contributed by atoms with van der Waals surface area (Å²) in [5.41, 5.74) is 5.50. The van der Waals surface area contributed by atoms with Crippen molar-refractivity contribution in [3.05, 3.63) is 0 Å². The summed E-state index contributed by atoms with van der Waals surface area (Å²) in [5.74, 6) is -0.0881. The van der Waals surface area contributed by atoms with E-state index in [1.807, 2.05) is 0 Å². The molecule has 1 amide bonds. The maximum atomic E-state index is 11.5. The smallest absolute Gasteiger partial charge is 0.236 e. The first-order chi connectivity index (χ1) is 8.36. The van der Waals surface area contributed by atoms with E-state index in [2.05, 4.69) is 24.1 Å². The van der Waals surface area contributed by atoms with Crippen molar-refractivity contribution in [1.82, 2.24) is 10.2 Å². The molecule has 1 saturated heterocycles. The second kappa shape index (κ2) is 9.79. The van der Waals surface area contributed by atoms with Crippen LogP contribution in [0.1, 0.15) is 33.6 Å². The Kier molecular flexibility index (Phi) is 10.9. The van der Waals surface area contributed by atoms with Crippen molar-refractivity contribution in [3.63, 3.8) is 0 Å². The summed E-state index contributed by atoms with van der Waals surface area (Å²) in [6, 6.07) is -0.444. The van der Waals surface area contributed by atoms with Crippen molar-refractivity contribution in [2.45, 2.75) is 51.3 Å². The van der Waals surface area contributed by atoms with Gasteiger partial charge in [-0.25, -0.2) is 0 Å². The van der Waals surface area contributed by atoms with Crippen LogP contribution < -0.4 is 11.1 Å². The van der Waals surface area contributed by atoms with Gasteiger partial charge < -0.3 is 15.8 Å². The third-order valence-corrected chi connectivity index (χ3v) is 3.74. The maximum absolute atomic E-state index is 11.5. The number of carbonyl (C=O) groups is 1. The number of nitrogens with two attached hydrogens (primary N) is 1. The lowest BCUT2D eigenvalue weighted by molar-refractivity contribution is -0.122. The van der Waals surface area contributed by atoms with Gasteiger partial charge in [-0.15, -0.1) is 24.8 Å². The quantitative estimate of drug-likeness (QED) is 0.794. The van der Waals surface area contributed by atoms with Crippen molar-refractivity contribution in [1.29, 1.82) is 0 Å². The Bertz CT molecular complexity index is 281. The average Bonchev–Trinajstić information content (AvgIpc) is 2.36. The Labute approximate surface area is 134 Å². The van der Waals surface area contributed by atoms with Crippen LogP contribution in [0.5, 0.6) is 0 Å². The van der Waals surface area contributed by atoms with Gasteiger partial charge >= 0.3 is 0 Å². The highest BCUT2D eigenvalue weighted by Crippen LogP contribution is 2.21. The van der Waals surface area contributed by atoms with Gasteiger partial charge in [-0.2, -0.15) is 0 Å². The maximum Gasteiger partial charge on any atom is 0.236 e. The van der Waals surface area contributed by atoms with E-state index in [-0.39, 0.29) is 36.3 Å². The predicted molar refractivity (Wildman–Crippen MR) is 86.8 cm³/mol. The summed E-state index contributed by atoms with van der Waals surface area (Å²) < 4.78 is 5.37. The van der Waals surface area contributed by atoms with E-state index < -0.39 is 6.04 Å². The zero-order valence-corrected chi connectivity index (χ0v) is 14.5. The fourth-order valence-electron chi connectivity index (χ4n) is 2.27. The first-order valence-corrected chi connectivity index (χ1v) is 6.68. The molecule has 5 nitrogen and oxygen atoms in total. The molecule has 0 saturated carbocycles. The third-order valence-electron chi connectivity index (χ3n) is 3.74. The van der Waals surface area contributed by atoms with Crippen LogP contribution >= 0.6 is 24.8 Å². The molecular formula is C13H29Cl2N3O2. The molecule has 1 atom stereocenters. The van der Waals surface area contributed by atoms with E-state index in [1.54, 1.807) is 14.0 Å². The van der Waals surface area contributed by atoms with Crippen molar-refractivity contribution in [2.24, 2.45) is 5.73 Å². The number of likely N-dealkylation sites (tertiary alicyclic amines) is 1. The van der Waals surface area contributed by atoms with Crippen molar-refractivity contribution in [2.75, 3.05) is 26.7 Å². The molecule has 20 heavy (non-hydrogen) atoms. The molecule has 0 aromatic heterocycles. The van der Waals surface area contributed by atoms with Gasteiger partial charge in [-0.3, -0.25) is 9.69 Å². The number of rotatable bonds is 5. The Morgan fingerprint density at radius 3 is 2.30 bits per heavy atom. The van der Waals surface area contributed by atoms with Crippen LogP contribution in [0.25, 0.3) is 0 Å². The summed E-state index contributed by atoms with van der Waals surface area (Å²) in [7, 11) is 1.77. The normalized spacial score (nSPS) is 18.6. The van der Waals surface area contributed by atoms with E-state index in [9.17, 15) is 4.79 Å². The van der Waals surface area contributed by atoms with Crippen LogP contribution in [0.2, 0.25) is 0 Å². The monoisotopic (exact) mass is 329 g/mol. The van der Waals surface area contributed by atoms with Crippen LogP contribution in [-0.2, 0) is 9.53 Å². The molecule has 1 rings (SSSR count). The Morgan fingerprint density at radius 1 is 1.40 bits per heavy atom. The zero-order valence-electron chi connectivity index (χ0n) is 12.8. The fraction of sp³-hybridized carbons (Fsp3) is 0.923. The van der Waals surface area contributed by atoms with Gasteiger partial charge in [0, 0.05) is 32.3 Å². The molecule has 0 aliphatic carbocycles. The molecule has 0 spiro atoms. The van der Waals surface area contributed by atoms with Crippen LogP contribution in [0, 0.1) is 0 Å². The number of halogens is 2. The Morgan fingerprint density at radius 2 is 1.90 bits per heavy atom. The molecule has 1 heterocycles. The van der Waals surface area contributed by atoms with Crippen LogP contribution in [-0.4, -0.2) is 55.2 Å². The SMILES string of the molecule is COC1CCN(C(C)(C)CNC(=O)[C@@H](C)N)CC1.Cl.Cl. The molecule has 122 valence electrons. The molecular weight excluding hydrogens is 301 g/mol. The number of carbonyl (C=O) groups excluding carboxylic acids is 1. The van der Waals surface area contributed by atoms with E-state index in [0.717, 1.165) is 25.9 Å². The summed E-state index contributed by atoms with van der Waals surface area (Å²) in [6.07, 6.45) is 2.50. The number of nitrogens with zero attached hydrogens (tertiary/aromatic N) is 1. The highest BCUT2D eigenvalue weighted by molar-refractivity contribution is 5.85. The number of hydrogen-bond acceptors (Lipinski definition) is 4. The third kappa shape index (κ3) is 6.59. The lowest BCUT2D eigenvalue weighted by atomic mass is 9.97. The second-order valence-electron chi connectivity index (χ2n) is 5.74. The minimum absolute atomic E-state index is 0. The van der Waals surface area contributed by atoms with Gasteiger partial charge in [0.15, 0.2) is 0 Å². The summed E-state index contributed by atoms with van der Waals surface area (Å²) in [4.78, 5) is 13.9. The average molecular weight is 330 g/mol. The van der Waals surface area contributed by atoms with E-state index in [4.69, 9.17) is 10.5 Å². The Hall–Kier alpha value is -0.0700. The zero-order chi connectivity index (χ0) is 13.8. The van der Waals surface area contributed by atoms with Gasteiger partial charge in [0.25, 0.3) is 0 Å². The standard InChI is InChI=1S/C13H27N3O2.2ClH/c1-10(14)12(17)15-9-13(2,3)16-7-5-11(18-4)6-8-16;;/h10-11H,5-9,14H2,1-4H3,(H,15,17);2*1H/t10-;;/m1../s1. The molecule has 1 aliphatic rings. The highest BCUT2D eigenvalue weighted by atomic mass is 35.5. The molecule has 0 aromatic carbocycles. The molecule has 0 radical (unpaired) electrons. The number of nitrogens with one attached hydrogen (secondary N) is 1. The minimum atomic E-state index is -0.444. The van der Waals surface area contributed by atoms with E-state index in [0.29, 0.717) is 12.6 Å². The van der Waals surface area contributed by atoms with Gasteiger partial charge in [-0.1, -0.05) is 0 Å². The molecule has 0 aromatic rings. The number of hydrogen-bond donors (Lipinski definition) is 2. The summed E-state index contributed by atoms with van der Waals surface area (Å²) >= 11 is 0. The molecule has 3 N–H and O–H groups in total. The second-order valence-corrected chi connectivity index (χ2v) is 5.74. The van der Waals surface area contributed by atoms with Gasteiger partial charge in [0.05, 0.1) is 12.1 Å². The van der Waals surface area contributed by atoms with E-state index >= 15 is 0 Å². The topological polar surface area (TPSA) is 67.6 Å². The van der Waals surface area contributed by atoms with Crippen molar-refractivity contribution >= 4 is 30.7 Å². The first-order valence-electron chi connectivity index (χ1n) is 6.68. The summed E-state index contributed by atoms with van der Waals surface area (Å²) in [6.45, 7) is 8.67. The number of amides is 1. The van der Waals surface area contributed by atoms with Crippen LogP contribution in [0.15, 0.2) is 0 Å². The lowest BCUT2D eigenvalue weighted by Crippen LogP contribution is -2.56. The van der Waals surface area contributed by atoms with E-state index in [1.165, 1.54) is 0 Å². The molecule has 0 unspecified atom stereocenters. The molecule has 1 fully saturated rings. The largest absolute Gasteiger partial charge is 0.381 e. The minimum Gasteiger partial charge on any atom is -0.381 e. The first kappa shape index (κ1) is 22.2. The molecule has 7 heteroatoms. The number of methoxy groups -OCH3 is 1. The highest BCUT2D eigenvalue weighted by Gasteiger charge is 2.31. The van der Waals surface area contributed by atoms with Crippen molar-refractivity contribution < 1.29 is 9.53 Å².